The Hall–Kier alpha value is -2.69. The number of nitrogens with two attached hydrogens (primary N) is 2. The number of amidine groups is 1. The van der Waals surface area contributed by atoms with Crippen LogP contribution in [-0.2, 0) is 16.4 Å². The van der Waals surface area contributed by atoms with Crippen molar-refractivity contribution in [1.82, 2.24) is 4.98 Å². The number of nitrogens with zero attached hydrogens (tertiary/aromatic N) is 4. The average molecular weight is 469 g/mol. The maximum atomic E-state index is 12.9. The van der Waals surface area contributed by atoms with Crippen LogP contribution in [0, 0.1) is 5.92 Å². The van der Waals surface area contributed by atoms with Gasteiger partial charge in [-0.3, -0.25) is 0 Å². The fraction of sp³-hybridized carbons (Fsp3) is 0.364. The Bertz CT molecular complexity index is 1350. The molecule has 10 heteroatoms. The van der Waals surface area contributed by atoms with Gasteiger partial charge < -0.3 is 5.73 Å². The fourth-order valence-electron chi connectivity index (χ4n) is 4.80. The number of primary sulfonamides is 1. The number of hydrogen-bond acceptors (Lipinski definition) is 8. The van der Waals surface area contributed by atoms with Gasteiger partial charge in [0.2, 0.25) is 10.0 Å². The molecule has 0 saturated heterocycles. The van der Waals surface area contributed by atoms with Crippen LogP contribution in [0.25, 0.3) is 21.3 Å². The highest BCUT2D eigenvalue weighted by Gasteiger charge is 2.29. The molecule has 2 aromatic carbocycles. The average Bonchev–Trinajstić information content (AvgIpc) is 3.42. The van der Waals surface area contributed by atoms with Crippen LogP contribution in [0.3, 0.4) is 0 Å². The van der Waals surface area contributed by atoms with Crippen molar-refractivity contribution in [3.63, 3.8) is 0 Å². The number of aromatic nitrogens is 1. The zero-order valence-corrected chi connectivity index (χ0v) is 19.1. The Kier molecular flexibility index (Phi) is 5.52. The van der Waals surface area contributed by atoms with Crippen molar-refractivity contribution in [3.8, 4) is 11.1 Å². The normalized spacial score (nSPS) is 17.2. The van der Waals surface area contributed by atoms with Crippen LogP contribution < -0.4 is 10.9 Å². The lowest BCUT2D eigenvalue weighted by atomic mass is 9.84. The van der Waals surface area contributed by atoms with Gasteiger partial charge in [0.25, 0.3) is 0 Å². The molecule has 1 aromatic heterocycles. The van der Waals surface area contributed by atoms with Crippen LogP contribution in [0.5, 0.6) is 0 Å². The third kappa shape index (κ3) is 3.94. The van der Waals surface area contributed by atoms with E-state index in [0.29, 0.717) is 39.7 Å². The van der Waals surface area contributed by atoms with Gasteiger partial charge in [-0.15, -0.1) is 5.11 Å². The van der Waals surface area contributed by atoms with Gasteiger partial charge in [0, 0.05) is 11.1 Å². The molecule has 0 bridgehead atoms. The maximum absolute atomic E-state index is 12.9. The predicted molar refractivity (Wildman–Crippen MR) is 127 cm³/mol. The van der Waals surface area contributed by atoms with Crippen LogP contribution in [0.15, 0.2) is 50.4 Å². The van der Waals surface area contributed by atoms with Crippen LogP contribution in [0.2, 0.25) is 0 Å². The van der Waals surface area contributed by atoms with E-state index in [1.807, 2.05) is 30.3 Å². The molecule has 0 atom stereocenters. The zero-order valence-electron chi connectivity index (χ0n) is 17.5. The van der Waals surface area contributed by atoms with Gasteiger partial charge in [-0.25, -0.2) is 23.5 Å². The van der Waals surface area contributed by atoms with E-state index in [4.69, 9.17) is 10.9 Å². The van der Waals surface area contributed by atoms with Crippen molar-refractivity contribution < 1.29 is 8.42 Å². The maximum Gasteiger partial charge on any atom is 0.239 e. The molecule has 4 N–H and O–H groups in total. The van der Waals surface area contributed by atoms with E-state index in [-0.39, 0.29) is 17.4 Å². The van der Waals surface area contributed by atoms with Crippen molar-refractivity contribution in [3.05, 3.63) is 41.5 Å². The lowest BCUT2D eigenvalue weighted by Gasteiger charge is -2.24. The summed E-state index contributed by atoms with van der Waals surface area (Å²) in [5.74, 6) is 0.728. The second-order valence-electron chi connectivity index (χ2n) is 8.30. The van der Waals surface area contributed by atoms with E-state index in [2.05, 4.69) is 20.2 Å². The minimum Gasteiger partial charge on any atom is -0.375 e. The molecule has 5 rings (SSSR count). The van der Waals surface area contributed by atoms with Gasteiger partial charge in [-0.05, 0) is 29.5 Å². The predicted octanol–water partition coefficient (Wildman–Crippen LogP) is 4.49. The molecule has 1 fully saturated rings. The standard InChI is InChI=1S/C22H24N6O2S2/c23-22-27-19-16(7-4-8-17(19)31-22)15-10-9-14(11-13-5-2-1-3-6-13)20(32(24,29)30)18(15)21-25-12-26-28-21/h4,7-10,13H,1-3,5-6,11-12H2,(H2,23,27)(H2,24,29,30). The number of thiazole rings is 1. The molecule has 1 saturated carbocycles. The number of para-hydroxylation sites is 1. The highest BCUT2D eigenvalue weighted by molar-refractivity contribution is 7.89. The lowest BCUT2D eigenvalue weighted by molar-refractivity contribution is 0.355. The lowest BCUT2D eigenvalue weighted by Crippen LogP contribution is -2.21. The Labute approximate surface area is 190 Å². The number of sulfonamides is 1. The van der Waals surface area contributed by atoms with E-state index >= 15 is 0 Å². The summed E-state index contributed by atoms with van der Waals surface area (Å²) in [6.07, 6.45) is 6.44. The monoisotopic (exact) mass is 468 g/mol. The summed E-state index contributed by atoms with van der Waals surface area (Å²) < 4.78 is 26.8. The molecule has 2 heterocycles. The SMILES string of the molecule is Nc1nc2c(-c3ccc(CC4CCCCC4)c(S(N)(=O)=O)c3C3=NCN=N3)cccc2s1. The van der Waals surface area contributed by atoms with Gasteiger partial charge in [0.1, 0.15) is 0 Å². The molecule has 8 nitrogen and oxygen atoms in total. The molecular formula is C22H24N6O2S2. The van der Waals surface area contributed by atoms with Gasteiger partial charge in [-0.2, -0.15) is 5.11 Å². The molecule has 166 valence electrons. The number of anilines is 1. The van der Waals surface area contributed by atoms with E-state index < -0.39 is 10.0 Å². The van der Waals surface area contributed by atoms with Gasteiger partial charge in [0.05, 0.1) is 15.1 Å². The fourth-order valence-corrected chi connectivity index (χ4v) is 6.56. The topological polar surface area (TPSA) is 136 Å². The Morgan fingerprint density at radius 2 is 1.88 bits per heavy atom. The number of nitrogen functional groups attached to an aromatic ring is 1. The number of aliphatic imine (C=N–C) groups is 1. The third-order valence-corrected chi connectivity index (χ3v) is 8.04. The molecule has 0 radical (unpaired) electrons. The van der Waals surface area contributed by atoms with Crippen molar-refractivity contribution in [1.29, 1.82) is 0 Å². The smallest absolute Gasteiger partial charge is 0.239 e. The minimum atomic E-state index is -4.06. The first-order valence-electron chi connectivity index (χ1n) is 10.7. The summed E-state index contributed by atoms with van der Waals surface area (Å²) >= 11 is 1.39. The zero-order chi connectivity index (χ0) is 22.3. The van der Waals surface area contributed by atoms with Gasteiger partial charge in [0.15, 0.2) is 17.6 Å². The first kappa shape index (κ1) is 21.2. The molecule has 0 amide bonds. The number of azo groups is 1. The van der Waals surface area contributed by atoms with Crippen molar-refractivity contribution in [2.24, 2.45) is 26.3 Å². The van der Waals surface area contributed by atoms with Crippen LogP contribution in [0.1, 0.15) is 43.2 Å². The second-order valence-corrected chi connectivity index (χ2v) is 10.9. The van der Waals surface area contributed by atoms with E-state index in [1.165, 1.54) is 30.6 Å². The summed E-state index contributed by atoms with van der Waals surface area (Å²) in [5.41, 5.74) is 9.23. The van der Waals surface area contributed by atoms with Crippen molar-refractivity contribution in [2.75, 3.05) is 12.4 Å². The Morgan fingerprint density at radius 1 is 1.06 bits per heavy atom. The van der Waals surface area contributed by atoms with Crippen molar-refractivity contribution >= 4 is 42.5 Å². The first-order chi connectivity index (χ1) is 15.4. The van der Waals surface area contributed by atoms with E-state index in [1.54, 1.807) is 0 Å². The Balaban J connectivity index is 1.77. The number of fused-ring (bicyclic) bond motifs is 1. The first-order valence-corrected chi connectivity index (χ1v) is 13.0. The van der Waals surface area contributed by atoms with Crippen molar-refractivity contribution in [2.45, 2.75) is 43.4 Å². The summed E-state index contributed by atoms with van der Waals surface area (Å²) in [6.45, 7) is 0.166. The Morgan fingerprint density at radius 3 is 2.59 bits per heavy atom. The quantitative estimate of drug-likeness (QED) is 0.570. The molecule has 2 aliphatic rings. The van der Waals surface area contributed by atoms with Crippen LogP contribution in [0.4, 0.5) is 5.13 Å². The van der Waals surface area contributed by atoms with E-state index in [0.717, 1.165) is 23.1 Å². The molecule has 1 aliphatic heterocycles. The number of hydrogen-bond donors (Lipinski definition) is 2. The summed E-state index contributed by atoms with van der Waals surface area (Å²) in [7, 11) is -4.06. The van der Waals surface area contributed by atoms with Crippen LogP contribution in [-0.4, -0.2) is 25.9 Å². The third-order valence-electron chi connectivity index (χ3n) is 6.16. The largest absolute Gasteiger partial charge is 0.375 e. The van der Waals surface area contributed by atoms with Gasteiger partial charge >= 0.3 is 0 Å². The molecule has 1 aliphatic carbocycles. The highest BCUT2D eigenvalue weighted by atomic mass is 32.2. The second kappa shape index (κ2) is 8.34. The highest BCUT2D eigenvalue weighted by Crippen LogP contribution is 2.39. The molecule has 0 unspecified atom stereocenters. The summed E-state index contributed by atoms with van der Waals surface area (Å²) in [6, 6.07) is 9.57. The van der Waals surface area contributed by atoms with Gasteiger partial charge in [-0.1, -0.05) is 67.7 Å². The van der Waals surface area contributed by atoms with E-state index in [9.17, 15) is 8.42 Å². The number of rotatable bonds is 5. The summed E-state index contributed by atoms with van der Waals surface area (Å²) in [5, 5.41) is 14.4. The molecule has 32 heavy (non-hydrogen) atoms. The summed E-state index contributed by atoms with van der Waals surface area (Å²) in [4.78, 5) is 8.94. The van der Waals surface area contributed by atoms with Crippen LogP contribution >= 0.6 is 11.3 Å². The minimum absolute atomic E-state index is 0.0976. The molecular weight excluding hydrogens is 444 g/mol. The number of benzene rings is 2. The molecule has 0 spiro atoms. The molecule has 3 aromatic rings.